The van der Waals surface area contributed by atoms with E-state index in [9.17, 15) is 4.79 Å². The highest BCUT2D eigenvalue weighted by molar-refractivity contribution is 14.1. The number of carbonyl (C=O) groups excluding carboxylic acids is 1. The van der Waals surface area contributed by atoms with Crippen LogP contribution in [-0.4, -0.2) is 16.1 Å². The minimum absolute atomic E-state index is 0.137. The Bertz CT molecular complexity index is 948. The number of para-hydroxylation sites is 1. The summed E-state index contributed by atoms with van der Waals surface area (Å²) >= 11 is 2.23. The lowest BCUT2D eigenvalue weighted by Gasteiger charge is -2.08. The van der Waals surface area contributed by atoms with Crippen LogP contribution in [0, 0.1) is 3.70 Å². The number of nitrogens with one attached hydrogen (secondary N) is 2. The molecule has 2 atom stereocenters. The lowest BCUT2D eigenvalue weighted by molar-refractivity contribution is -0.118. The summed E-state index contributed by atoms with van der Waals surface area (Å²) in [6, 6.07) is 14.4. The van der Waals surface area contributed by atoms with Crippen LogP contribution in [0.2, 0.25) is 0 Å². The Morgan fingerprint density at radius 1 is 1.23 bits per heavy atom. The fourth-order valence-electron chi connectivity index (χ4n) is 3.77. The van der Waals surface area contributed by atoms with E-state index < -0.39 is 0 Å². The van der Waals surface area contributed by atoms with Crippen molar-refractivity contribution < 1.29 is 4.79 Å². The Balaban J connectivity index is 1.62. The molecule has 1 amide bonds. The summed E-state index contributed by atoms with van der Waals surface area (Å²) in [5.74, 6) is 0.388. The van der Waals surface area contributed by atoms with E-state index in [1.165, 1.54) is 5.56 Å². The van der Waals surface area contributed by atoms with Crippen LogP contribution in [0.25, 0.3) is 10.9 Å². The third kappa shape index (κ3) is 1.47. The largest absolute Gasteiger partial charge is 0.325 e. The number of hydrogen-bond donors (Lipinski definition) is 2. The molecule has 0 saturated heterocycles. The minimum Gasteiger partial charge on any atom is -0.325 e. The fraction of sp³-hybridized carbons (Fsp3) is 0.176. The number of fused-ring (bicyclic) bond motifs is 3. The minimum atomic E-state index is -0.364. The first-order chi connectivity index (χ1) is 10.7. The predicted octanol–water partition coefficient (Wildman–Crippen LogP) is 3.54. The summed E-state index contributed by atoms with van der Waals surface area (Å²) in [5, 5.41) is 11.5. The summed E-state index contributed by atoms with van der Waals surface area (Å²) in [6.07, 6.45) is 0.882. The zero-order valence-corrected chi connectivity index (χ0v) is 13.7. The van der Waals surface area contributed by atoms with E-state index in [0.717, 1.165) is 32.3 Å². The SMILES string of the molecule is O=C1Nc2ccccc2[C@]12C[C@@H]2c1ccc2c(I)n[nH]c2c1. The molecule has 5 heteroatoms. The van der Waals surface area contributed by atoms with Gasteiger partial charge in [-0.15, -0.1) is 0 Å². The highest BCUT2D eigenvalue weighted by Crippen LogP contribution is 2.64. The molecular weight excluding hydrogens is 389 g/mol. The number of H-pyrrole nitrogens is 1. The molecule has 4 nitrogen and oxygen atoms in total. The lowest BCUT2D eigenvalue weighted by atomic mass is 9.92. The van der Waals surface area contributed by atoms with Gasteiger partial charge in [-0.3, -0.25) is 9.89 Å². The van der Waals surface area contributed by atoms with Crippen molar-refractivity contribution in [3.8, 4) is 0 Å². The zero-order chi connectivity index (χ0) is 14.9. The molecule has 1 aliphatic carbocycles. The first kappa shape index (κ1) is 12.6. The molecule has 2 aromatic carbocycles. The summed E-state index contributed by atoms with van der Waals surface area (Å²) in [6.45, 7) is 0. The third-order valence-electron chi connectivity index (χ3n) is 4.96. The van der Waals surface area contributed by atoms with Gasteiger partial charge in [-0.1, -0.05) is 24.3 Å². The molecular formula is C17H12IN3O. The monoisotopic (exact) mass is 401 g/mol. The number of nitrogens with zero attached hydrogens (tertiary/aromatic N) is 1. The van der Waals surface area contributed by atoms with Gasteiger partial charge in [0.2, 0.25) is 5.91 Å². The highest BCUT2D eigenvalue weighted by atomic mass is 127. The molecule has 0 bridgehead atoms. The van der Waals surface area contributed by atoms with Gasteiger partial charge in [0.1, 0.15) is 3.70 Å². The smallest absolute Gasteiger partial charge is 0.235 e. The van der Waals surface area contributed by atoms with E-state index in [4.69, 9.17) is 0 Å². The molecule has 22 heavy (non-hydrogen) atoms. The number of rotatable bonds is 1. The fourth-order valence-corrected chi connectivity index (χ4v) is 4.36. The van der Waals surface area contributed by atoms with Crippen molar-refractivity contribution in [1.29, 1.82) is 0 Å². The molecule has 1 saturated carbocycles. The summed E-state index contributed by atoms with van der Waals surface area (Å²) in [5.41, 5.74) is 3.99. The van der Waals surface area contributed by atoms with Gasteiger partial charge in [0.15, 0.2) is 0 Å². The van der Waals surface area contributed by atoms with Crippen molar-refractivity contribution in [1.82, 2.24) is 10.2 Å². The summed E-state index contributed by atoms with van der Waals surface area (Å²) in [7, 11) is 0. The normalized spacial score (nSPS) is 25.5. The van der Waals surface area contributed by atoms with Crippen LogP contribution in [0.3, 0.4) is 0 Å². The number of anilines is 1. The summed E-state index contributed by atoms with van der Waals surface area (Å²) in [4.78, 5) is 12.5. The van der Waals surface area contributed by atoms with E-state index in [2.05, 4.69) is 62.4 Å². The number of benzene rings is 2. The standard InChI is InChI=1S/C17H12IN3O/c18-15-10-6-5-9(7-14(10)20-21-15)12-8-17(12)11-3-1-2-4-13(11)19-16(17)22/h1-7,12H,8H2,(H,19,22)(H,20,21)/t12-,17+/m1/s1. The number of halogens is 1. The Morgan fingerprint density at radius 2 is 2.09 bits per heavy atom. The number of hydrogen-bond acceptors (Lipinski definition) is 2. The maximum atomic E-state index is 12.5. The van der Waals surface area contributed by atoms with E-state index in [0.29, 0.717) is 0 Å². The lowest BCUT2D eigenvalue weighted by Crippen LogP contribution is -2.20. The Labute approximate surface area is 140 Å². The molecule has 2 heterocycles. The van der Waals surface area contributed by atoms with Gasteiger partial charge in [-0.2, -0.15) is 5.10 Å². The molecule has 2 N–H and O–H groups in total. The summed E-state index contributed by atoms with van der Waals surface area (Å²) < 4.78 is 0.980. The van der Waals surface area contributed by atoms with Crippen molar-refractivity contribution in [3.63, 3.8) is 0 Å². The van der Waals surface area contributed by atoms with Crippen LogP contribution in [0.15, 0.2) is 42.5 Å². The third-order valence-corrected chi connectivity index (χ3v) is 5.79. The first-order valence-corrected chi connectivity index (χ1v) is 8.32. The Morgan fingerprint density at radius 3 is 3.00 bits per heavy atom. The second-order valence-electron chi connectivity index (χ2n) is 6.05. The maximum Gasteiger partial charge on any atom is 0.235 e. The maximum absolute atomic E-state index is 12.5. The van der Waals surface area contributed by atoms with E-state index in [1.54, 1.807) is 0 Å². The van der Waals surface area contributed by atoms with Gasteiger partial charge in [-0.25, -0.2) is 0 Å². The molecule has 108 valence electrons. The van der Waals surface area contributed by atoms with Crippen LogP contribution in [0.5, 0.6) is 0 Å². The Kier molecular flexibility index (Phi) is 2.35. The van der Waals surface area contributed by atoms with Crippen LogP contribution < -0.4 is 5.32 Å². The van der Waals surface area contributed by atoms with Crippen molar-refractivity contribution in [2.75, 3.05) is 5.32 Å². The topological polar surface area (TPSA) is 57.8 Å². The quantitative estimate of drug-likeness (QED) is 0.613. The molecule has 5 rings (SSSR count). The molecule has 0 unspecified atom stereocenters. The van der Waals surface area contributed by atoms with Crippen LogP contribution in [-0.2, 0) is 10.2 Å². The van der Waals surface area contributed by atoms with Gasteiger partial charge in [0.25, 0.3) is 0 Å². The number of carbonyl (C=O) groups is 1. The van der Waals surface area contributed by atoms with Crippen LogP contribution >= 0.6 is 22.6 Å². The predicted molar refractivity (Wildman–Crippen MR) is 92.9 cm³/mol. The average molecular weight is 401 g/mol. The second kappa shape index (κ2) is 4.10. The first-order valence-electron chi connectivity index (χ1n) is 7.24. The highest BCUT2D eigenvalue weighted by Gasteiger charge is 2.65. The van der Waals surface area contributed by atoms with E-state index >= 15 is 0 Å². The molecule has 1 aromatic heterocycles. The molecule has 3 aromatic rings. The van der Waals surface area contributed by atoms with Crippen molar-refractivity contribution in [2.24, 2.45) is 0 Å². The molecule has 1 spiro atoms. The zero-order valence-electron chi connectivity index (χ0n) is 11.6. The number of aromatic nitrogens is 2. The molecule has 1 aliphatic heterocycles. The molecule has 1 fully saturated rings. The van der Waals surface area contributed by atoms with Crippen LogP contribution in [0.1, 0.15) is 23.5 Å². The average Bonchev–Trinajstić information content (AvgIpc) is 3.10. The number of aromatic amines is 1. The van der Waals surface area contributed by atoms with Gasteiger partial charge in [-0.05, 0) is 58.3 Å². The van der Waals surface area contributed by atoms with Gasteiger partial charge < -0.3 is 5.32 Å². The second-order valence-corrected chi connectivity index (χ2v) is 7.07. The Hall–Kier alpha value is -1.89. The van der Waals surface area contributed by atoms with Gasteiger partial charge >= 0.3 is 0 Å². The van der Waals surface area contributed by atoms with E-state index in [1.807, 2.05) is 18.2 Å². The molecule has 2 aliphatic rings. The van der Waals surface area contributed by atoms with E-state index in [-0.39, 0.29) is 17.2 Å². The van der Waals surface area contributed by atoms with Crippen molar-refractivity contribution >= 4 is 45.1 Å². The molecule has 0 radical (unpaired) electrons. The van der Waals surface area contributed by atoms with Gasteiger partial charge in [0.05, 0.1) is 10.9 Å². The number of amides is 1. The van der Waals surface area contributed by atoms with Gasteiger partial charge in [0, 0.05) is 17.0 Å². The van der Waals surface area contributed by atoms with Crippen LogP contribution in [0.4, 0.5) is 5.69 Å². The van der Waals surface area contributed by atoms with Crippen molar-refractivity contribution in [3.05, 3.63) is 57.3 Å². The van der Waals surface area contributed by atoms with Crippen molar-refractivity contribution in [2.45, 2.75) is 17.8 Å².